The van der Waals surface area contributed by atoms with Gasteiger partial charge in [-0.05, 0) is 26.2 Å². The molecule has 1 saturated carbocycles. The lowest BCUT2D eigenvalue weighted by Gasteiger charge is -2.11. The molecule has 0 bridgehead atoms. The molecule has 0 aliphatic heterocycles. The molecule has 0 saturated heterocycles. The number of amides is 1. The minimum atomic E-state index is -0.941. The lowest BCUT2D eigenvalue weighted by molar-refractivity contribution is 0.0780. The molecule has 1 amide bonds. The third-order valence-corrected chi connectivity index (χ3v) is 2.38. The van der Waals surface area contributed by atoms with Crippen molar-refractivity contribution in [2.45, 2.75) is 38.3 Å². The molecular formula is C10H17NO3. The minimum Gasteiger partial charge on any atom is -0.465 e. The SMILES string of the molecule is C/C=C/CO[C@@H]1CC[C@H](NC(=O)O)C1. The lowest BCUT2D eigenvalue weighted by Crippen LogP contribution is -2.31. The summed E-state index contributed by atoms with van der Waals surface area (Å²) >= 11 is 0. The third-order valence-electron chi connectivity index (χ3n) is 2.38. The first-order valence-corrected chi connectivity index (χ1v) is 4.94. The van der Waals surface area contributed by atoms with Crippen LogP contribution in [-0.2, 0) is 4.74 Å². The molecule has 4 heteroatoms. The van der Waals surface area contributed by atoms with Crippen molar-refractivity contribution in [1.82, 2.24) is 5.32 Å². The van der Waals surface area contributed by atoms with Crippen molar-refractivity contribution >= 4 is 6.09 Å². The van der Waals surface area contributed by atoms with Crippen LogP contribution in [0.4, 0.5) is 4.79 Å². The zero-order valence-corrected chi connectivity index (χ0v) is 8.40. The number of nitrogens with one attached hydrogen (secondary N) is 1. The molecule has 1 aliphatic rings. The van der Waals surface area contributed by atoms with Crippen molar-refractivity contribution in [2.24, 2.45) is 0 Å². The Morgan fingerprint density at radius 2 is 2.43 bits per heavy atom. The van der Waals surface area contributed by atoms with Gasteiger partial charge in [0.2, 0.25) is 0 Å². The van der Waals surface area contributed by atoms with E-state index in [1.54, 1.807) is 0 Å². The Balaban J connectivity index is 2.17. The highest BCUT2D eigenvalue weighted by molar-refractivity contribution is 5.64. The molecule has 0 spiro atoms. The molecule has 2 N–H and O–H groups in total. The monoisotopic (exact) mass is 199 g/mol. The van der Waals surface area contributed by atoms with E-state index in [0.29, 0.717) is 6.61 Å². The normalized spacial score (nSPS) is 26.9. The van der Waals surface area contributed by atoms with Crippen LogP contribution in [0.2, 0.25) is 0 Å². The Kier molecular flexibility index (Phi) is 4.46. The Hall–Kier alpha value is -1.03. The molecule has 0 heterocycles. The standard InChI is InChI=1S/C10H17NO3/c1-2-3-6-14-9-5-4-8(7-9)11-10(12)13/h2-3,8-9,11H,4-7H2,1H3,(H,12,13)/b3-2+/t8-,9+/m0/s1. The van der Waals surface area contributed by atoms with Crippen molar-refractivity contribution in [2.75, 3.05) is 6.61 Å². The van der Waals surface area contributed by atoms with Crippen LogP contribution in [0.5, 0.6) is 0 Å². The zero-order valence-electron chi connectivity index (χ0n) is 8.40. The van der Waals surface area contributed by atoms with E-state index < -0.39 is 6.09 Å². The van der Waals surface area contributed by atoms with Gasteiger partial charge in [0.1, 0.15) is 0 Å². The Bertz CT molecular complexity index is 215. The van der Waals surface area contributed by atoms with Crippen LogP contribution in [0.25, 0.3) is 0 Å². The maximum Gasteiger partial charge on any atom is 0.404 e. The van der Waals surface area contributed by atoms with E-state index >= 15 is 0 Å². The zero-order chi connectivity index (χ0) is 10.4. The fourth-order valence-corrected chi connectivity index (χ4v) is 1.69. The van der Waals surface area contributed by atoms with Crippen molar-refractivity contribution < 1.29 is 14.6 Å². The van der Waals surface area contributed by atoms with Crippen LogP contribution in [0.15, 0.2) is 12.2 Å². The van der Waals surface area contributed by atoms with Crippen molar-refractivity contribution in [3.63, 3.8) is 0 Å². The van der Waals surface area contributed by atoms with E-state index in [2.05, 4.69) is 5.32 Å². The average Bonchev–Trinajstić information content (AvgIpc) is 2.52. The van der Waals surface area contributed by atoms with Crippen LogP contribution in [0, 0.1) is 0 Å². The summed E-state index contributed by atoms with van der Waals surface area (Å²) in [4.78, 5) is 10.4. The number of hydrogen-bond acceptors (Lipinski definition) is 2. The highest BCUT2D eigenvalue weighted by atomic mass is 16.5. The van der Waals surface area contributed by atoms with Crippen LogP contribution in [0.1, 0.15) is 26.2 Å². The molecule has 1 rings (SSSR count). The highest BCUT2D eigenvalue weighted by Crippen LogP contribution is 2.21. The van der Waals surface area contributed by atoms with Gasteiger partial charge >= 0.3 is 6.09 Å². The highest BCUT2D eigenvalue weighted by Gasteiger charge is 2.25. The molecule has 14 heavy (non-hydrogen) atoms. The number of rotatable bonds is 4. The molecule has 0 aromatic heterocycles. The van der Waals surface area contributed by atoms with E-state index in [4.69, 9.17) is 9.84 Å². The average molecular weight is 199 g/mol. The second-order valence-electron chi connectivity index (χ2n) is 3.48. The van der Waals surface area contributed by atoms with Crippen LogP contribution >= 0.6 is 0 Å². The predicted octanol–water partition coefficient (Wildman–Crippen LogP) is 1.77. The molecule has 0 unspecified atom stereocenters. The van der Waals surface area contributed by atoms with Gasteiger partial charge in [0.25, 0.3) is 0 Å². The van der Waals surface area contributed by atoms with E-state index in [1.807, 2.05) is 19.1 Å². The molecule has 1 fully saturated rings. The number of hydrogen-bond donors (Lipinski definition) is 2. The van der Waals surface area contributed by atoms with E-state index in [0.717, 1.165) is 19.3 Å². The van der Waals surface area contributed by atoms with Crippen LogP contribution in [-0.4, -0.2) is 30.0 Å². The maximum atomic E-state index is 10.4. The summed E-state index contributed by atoms with van der Waals surface area (Å²) in [5.41, 5.74) is 0. The first-order chi connectivity index (χ1) is 6.72. The van der Waals surface area contributed by atoms with Gasteiger partial charge in [-0.25, -0.2) is 4.79 Å². The summed E-state index contributed by atoms with van der Waals surface area (Å²) < 4.78 is 5.54. The van der Waals surface area contributed by atoms with E-state index in [-0.39, 0.29) is 12.1 Å². The number of carbonyl (C=O) groups is 1. The Morgan fingerprint density at radius 3 is 3.07 bits per heavy atom. The second kappa shape index (κ2) is 5.65. The van der Waals surface area contributed by atoms with Gasteiger partial charge in [-0.3, -0.25) is 0 Å². The molecule has 2 atom stereocenters. The number of allylic oxidation sites excluding steroid dienone is 1. The topological polar surface area (TPSA) is 58.6 Å². The molecule has 0 aromatic rings. The summed E-state index contributed by atoms with van der Waals surface area (Å²) in [6, 6.07) is 0.0723. The summed E-state index contributed by atoms with van der Waals surface area (Å²) in [5, 5.41) is 11.0. The second-order valence-corrected chi connectivity index (χ2v) is 3.48. The summed E-state index contributed by atoms with van der Waals surface area (Å²) in [6.07, 6.45) is 5.80. The van der Waals surface area contributed by atoms with Crippen molar-refractivity contribution in [1.29, 1.82) is 0 Å². The summed E-state index contributed by atoms with van der Waals surface area (Å²) in [7, 11) is 0. The quantitative estimate of drug-likeness (QED) is 0.678. The molecule has 0 aromatic carbocycles. The summed E-state index contributed by atoms with van der Waals surface area (Å²) in [6.45, 7) is 2.58. The minimum absolute atomic E-state index is 0.0723. The maximum absolute atomic E-state index is 10.4. The molecule has 80 valence electrons. The Labute approximate surface area is 83.9 Å². The fourth-order valence-electron chi connectivity index (χ4n) is 1.69. The third kappa shape index (κ3) is 3.79. The van der Waals surface area contributed by atoms with Gasteiger partial charge in [-0.2, -0.15) is 0 Å². The lowest BCUT2D eigenvalue weighted by atomic mass is 10.2. The number of carboxylic acid groups (broad SMARTS) is 1. The summed E-state index contributed by atoms with van der Waals surface area (Å²) in [5.74, 6) is 0. The Morgan fingerprint density at radius 1 is 1.64 bits per heavy atom. The van der Waals surface area contributed by atoms with Gasteiger partial charge in [-0.15, -0.1) is 0 Å². The predicted molar refractivity (Wildman–Crippen MR) is 53.4 cm³/mol. The molecular weight excluding hydrogens is 182 g/mol. The van der Waals surface area contributed by atoms with Gasteiger partial charge < -0.3 is 15.2 Å². The smallest absolute Gasteiger partial charge is 0.404 e. The van der Waals surface area contributed by atoms with Gasteiger partial charge in [0.05, 0.1) is 12.7 Å². The van der Waals surface area contributed by atoms with E-state index in [1.165, 1.54) is 0 Å². The van der Waals surface area contributed by atoms with Gasteiger partial charge in [-0.1, -0.05) is 12.2 Å². The van der Waals surface area contributed by atoms with Gasteiger partial charge in [0, 0.05) is 6.04 Å². The van der Waals surface area contributed by atoms with Crippen LogP contribution < -0.4 is 5.32 Å². The molecule has 0 radical (unpaired) electrons. The van der Waals surface area contributed by atoms with Gasteiger partial charge in [0.15, 0.2) is 0 Å². The van der Waals surface area contributed by atoms with Crippen molar-refractivity contribution in [3.8, 4) is 0 Å². The first-order valence-electron chi connectivity index (χ1n) is 4.94. The van der Waals surface area contributed by atoms with Crippen LogP contribution in [0.3, 0.4) is 0 Å². The first kappa shape index (κ1) is 11.0. The number of ether oxygens (including phenoxy) is 1. The van der Waals surface area contributed by atoms with Crippen molar-refractivity contribution in [3.05, 3.63) is 12.2 Å². The molecule has 1 aliphatic carbocycles. The largest absolute Gasteiger partial charge is 0.465 e. The fraction of sp³-hybridized carbons (Fsp3) is 0.700. The van der Waals surface area contributed by atoms with E-state index in [9.17, 15) is 4.79 Å². The molecule has 4 nitrogen and oxygen atoms in total.